The van der Waals surface area contributed by atoms with Gasteiger partial charge in [-0.15, -0.1) is 0 Å². The Morgan fingerprint density at radius 3 is 1.86 bits per heavy atom. The number of hydrogen-bond acceptors (Lipinski definition) is 7. The van der Waals surface area contributed by atoms with Gasteiger partial charge in [-0.2, -0.15) is 0 Å². The number of nitrogens with zero attached hydrogens (tertiary/aromatic N) is 6. The molecule has 0 saturated heterocycles. The van der Waals surface area contributed by atoms with Crippen molar-refractivity contribution in [2.24, 2.45) is 0 Å². The fourth-order valence-electron chi connectivity index (χ4n) is 6.63. The molecule has 228 valence electrons. The first-order valence-electron chi connectivity index (χ1n) is 16.0. The highest BCUT2D eigenvalue weighted by Crippen LogP contribution is 2.36. The van der Waals surface area contributed by atoms with E-state index in [4.69, 9.17) is 29.3 Å². The number of fused-ring (bicyclic) bond motifs is 7. The summed E-state index contributed by atoms with van der Waals surface area (Å²) >= 11 is 0. The molecule has 7 heteroatoms. The second-order valence-electron chi connectivity index (χ2n) is 12.0. The zero-order valence-electron chi connectivity index (χ0n) is 25.9. The van der Waals surface area contributed by atoms with Gasteiger partial charge >= 0.3 is 0 Å². The molecule has 0 aliphatic heterocycles. The van der Waals surface area contributed by atoms with Gasteiger partial charge in [-0.05, 0) is 36.4 Å². The molecule has 0 spiro atoms. The summed E-state index contributed by atoms with van der Waals surface area (Å²) in [6.45, 7) is 0. The van der Waals surface area contributed by atoms with Gasteiger partial charge in [0.05, 0.1) is 27.8 Å². The number of hydrogen-bond donors (Lipinski definition) is 0. The summed E-state index contributed by atoms with van der Waals surface area (Å²) in [6, 6.07) is 44.7. The van der Waals surface area contributed by atoms with Crippen molar-refractivity contribution in [2.45, 2.75) is 0 Å². The molecular weight excluding hydrogens is 605 g/mol. The van der Waals surface area contributed by atoms with Crippen LogP contribution in [0.3, 0.4) is 0 Å². The topological polar surface area (TPSA) is 90.5 Å². The second kappa shape index (κ2) is 10.9. The van der Waals surface area contributed by atoms with Crippen molar-refractivity contribution >= 4 is 54.6 Å². The van der Waals surface area contributed by atoms with Crippen LogP contribution in [0.4, 0.5) is 0 Å². The van der Waals surface area contributed by atoms with Crippen molar-refractivity contribution in [1.82, 2.24) is 29.9 Å². The molecule has 5 aromatic heterocycles. The maximum Gasteiger partial charge on any atom is 0.167 e. The van der Waals surface area contributed by atoms with E-state index in [1.165, 1.54) is 0 Å². The molecule has 0 aliphatic rings. The number of furan rings is 1. The molecule has 7 nitrogen and oxygen atoms in total. The van der Waals surface area contributed by atoms with Crippen LogP contribution >= 0.6 is 0 Å². The smallest absolute Gasteiger partial charge is 0.167 e. The lowest BCUT2D eigenvalue weighted by atomic mass is 10.1. The van der Waals surface area contributed by atoms with E-state index in [9.17, 15) is 0 Å². The quantitative estimate of drug-likeness (QED) is 0.179. The van der Waals surface area contributed by atoms with Crippen LogP contribution in [-0.4, -0.2) is 29.9 Å². The Bertz CT molecular complexity index is 2890. The normalized spacial score (nSPS) is 11.7. The van der Waals surface area contributed by atoms with Gasteiger partial charge in [0.1, 0.15) is 11.2 Å². The van der Waals surface area contributed by atoms with E-state index >= 15 is 0 Å². The lowest BCUT2D eigenvalue weighted by Crippen LogP contribution is -2.01. The number of pyridine rings is 3. The molecule has 10 rings (SSSR count). The molecule has 5 heterocycles. The van der Waals surface area contributed by atoms with Crippen molar-refractivity contribution < 1.29 is 4.42 Å². The third-order valence-electron chi connectivity index (χ3n) is 9.03. The van der Waals surface area contributed by atoms with Gasteiger partial charge in [0.2, 0.25) is 0 Å². The summed E-state index contributed by atoms with van der Waals surface area (Å²) in [4.78, 5) is 29.5. The summed E-state index contributed by atoms with van der Waals surface area (Å²) in [5.74, 6) is 1.61. The first kappa shape index (κ1) is 27.3. The van der Waals surface area contributed by atoms with E-state index in [-0.39, 0.29) is 0 Å². The van der Waals surface area contributed by atoms with Crippen LogP contribution < -0.4 is 0 Å². The Labute approximate surface area is 279 Å². The number of rotatable bonds is 4. The standard InChI is InChI=1S/C42H24N6O/c1-2-14-35-30(10-1)31-11-4-13-33(39(31)49-35)42-47-40(46-41(48-42)32-12-3-7-26-8-5-23-43-36(26)32)29-19-15-25(16-20-29)34-22-21-28-18-17-27-9-6-24-44-37(27)38(28)45-34/h1-24H. The maximum atomic E-state index is 6.40. The van der Waals surface area contributed by atoms with Gasteiger partial charge in [0.15, 0.2) is 17.5 Å². The lowest BCUT2D eigenvalue weighted by molar-refractivity contribution is 0.669. The predicted octanol–water partition coefficient (Wildman–Crippen LogP) is 10.1. The van der Waals surface area contributed by atoms with Crippen LogP contribution in [0.15, 0.2) is 150 Å². The van der Waals surface area contributed by atoms with Crippen molar-refractivity contribution in [2.75, 3.05) is 0 Å². The Morgan fingerprint density at radius 2 is 1.00 bits per heavy atom. The molecule has 0 bridgehead atoms. The van der Waals surface area contributed by atoms with E-state index in [2.05, 4.69) is 53.5 Å². The minimum atomic E-state index is 0.525. The molecule has 0 aliphatic carbocycles. The van der Waals surface area contributed by atoms with Gasteiger partial charge in [-0.1, -0.05) is 97.1 Å². The number of aromatic nitrogens is 6. The fourth-order valence-corrected chi connectivity index (χ4v) is 6.63. The highest BCUT2D eigenvalue weighted by atomic mass is 16.3. The molecule has 0 unspecified atom stereocenters. The van der Waals surface area contributed by atoms with E-state index in [1.807, 2.05) is 91.1 Å². The first-order valence-corrected chi connectivity index (χ1v) is 16.0. The molecule has 5 aromatic carbocycles. The van der Waals surface area contributed by atoms with Gasteiger partial charge in [0.25, 0.3) is 0 Å². The molecule has 49 heavy (non-hydrogen) atoms. The highest BCUT2D eigenvalue weighted by Gasteiger charge is 2.19. The monoisotopic (exact) mass is 628 g/mol. The first-order chi connectivity index (χ1) is 24.3. The van der Waals surface area contributed by atoms with Crippen LogP contribution in [0.1, 0.15) is 0 Å². The van der Waals surface area contributed by atoms with Crippen LogP contribution in [-0.2, 0) is 0 Å². The Kier molecular flexibility index (Phi) is 6.04. The van der Waals surface area contributed by atoms with Gasteiger partial charge < -0.3 is 4.42 Å². The van der Waals surface area contributed by atoms with Crippen LogP contribution in [0, 0.1) is 0 Å². The molecule has 0 N–H and O–H groups in total. The van der Waals surface area contributed by atoms with Crippen LogP contribution in [0.5, 0.6) is 0 Å². The van der Waals surface area contributed by atoms with E-state index in [1.54, 1.807) is 6.20 Å². The highest BCUT2D eigenvalue weighted by molar-refractivity contribution is 6.09. The molecule has 0 radical (unpaired) electrons. The lowest BCUT2D eigenvalue weighted by Gasteiger charge is -2.11. The zero-order valence-corrected chi connectivity index (χ0v) is 25.9. The third kappa shape index (κ3) is 4.52. The number of para-hydroxylation sites is 3. The van der Waals surface area contributed by atoms with E-state index in [0.717, 1.165) is 82.6 Å². The summed E-state index contributed by atoms with van der Waals surface area (Å²) in [5, 5.41) is 5.20. The minimum absolute atomic E-state index is 0.525. The summed E-state index contributed by atoms with van der Waals surface area (Å²) in [7, 11) is 0. The molecular formula is C42H24N6O. The Hall–Kier alpha value is -6.86. The van der Waals surface area contributed by atoms with Crippen LogP contribution in [0.25, 0.3) is 100 Å². The zero-order chi connectivity index (χ0) is 32.3. The molecule has 0 atom stereocenters. The van der Waals surface area contributed by atoms with Crippen molar-refractivity contribution in [3.05, 3.63) is 146 Å². The molecule has 0 saturated carbocycles. The van der Waals surface area contributed by atoms with Gasteiger partial charge in [-0.25, -0.2) is 19.9 Å². The molecule has 0 fully saturated rings. The molecule has 0 amide bonds. The Morgan fingerprint density at radius 1 is 0.388 bits per heavy atom. The predicted molar refractivity (Wildman–Crippen MR) is 195 cm³/mol. The van der Waals surface area contributed by atoms with Crippen molar-refractivity contribution in [3.8, 4) is 45.4 Å². The maximum absolute atomic E-state index is 6.40. The van der Waals surface area contributed by atoms with Crippen molar-refractivity contribution in [1.29, 1.82) is 0 Å². The summed E-state index contributed by atoms with van der Waals surface area (Å²) in [6.07, 6.45) is 3.60. The summed E-state index contributed by atoms with van der Waals surface area (Å²) < 4.78 is 6.40. The van der Waals surface area contributed by atoms with Crippen molar-refractivity contribution in [3.63, 3.8) is 0 Å². The summed E-state index contributed by atoms with van der Waals surface area (Å²) in [5.41, 5.74) is 8.50. The fraction of sp³-hybridized carbons (Fsp3) is 0. The van der Waals surface area contributed by atoms with Gasteiger partial charge in [0, 0.05) is 56.0 Å². The van der Waals surface area contributed by atoms with E-state index in [0.29, 0.717) is 17.5 Å². The van der Waals surface area contributed by atoms with Crippen LogP contribution in [0.2, 0.25) is 0 Å². The SMILES string of the molecule is c1cnc2c(-c3nc(-c4ccc(-c5ccc6ccc7cccnc7c6n5)cc4)nc(-c4cccc5c4oc4ccccc45)n3)cccc2c1. The molecule has 10 aromatic rings. The largest absolute Gasteiger partial charge is 0.455 e. The number of benzene rings is 5. The third-order valence-corrected chi connectivity index (χ3v) is 9.03. The van der Waals surface area contributed by atoms with Gasteiger partial charge in [-0.3, -0.25) is 9.97 Å². The minimum Gasteiger partial charge on any atom is -0.455 e. The average Bonchev–Trinajstić information content (AvgIpc) is 3.56. The Balaban J connectivity index is 1.14. The second-order valence-corrected chi connectivity index (χ2v) is 12.0. The van der Waals surface area contributed by atoms with E-state index < -0.39 is 0 Å². The average molecular weight is 629 g/mol.